The number of aryl methyl sites for hydroxylation is 2. The van der Waals surface area contributed by atoms with Gasteiger partial charge < -0.3 is 0 Å². The Hall–Kier alpha value is -0.490. The number of hydrogen-bond acceptors (Lipinski definition) is 0. The van der Waals surface area contributed by atoms with Crippen LogP contribution in [0.3, 0.4) is 0 Å². The zero-order chi connectivity index (χ0) is 13.4. The molecule has 0 aliphatic rings. The van der Waals surface area contributed by atoms with Gasteiger partial charge in [0.05, 0.1) is 0 Å². The van der Waals surface area contributed by atoms with Gasteiger partial charge in [-0.3, -0.25) is 0 Å². The van der Waals surface area contributed by atoms with E-state index in [0.717, 1.165) is 17.4 Å². The van der Waals surface area contributed by atoms with Gasteiger partial charge in [0.15, 0.2) is 0 Å². The number of rotatable bonds is 4. The smallest absolute Gasteiger partial charge is 0.0440 e. The summed E-state index contributed by atoms with van der Waals surface area (Å²) >= 11 is 6.16. The number of halogens is 1. The first kappa shape index (κ1) is 16.5. The molecule has 0 nitrogen and oxygen atoms in total. The molecule has 0 saturated heterocycles. The van der Waals surface area contributed by atoms with E-state index < -0.39 is 0 Å². The van der Waals surface area contributed by atoms with Gasteiger partial charge in [0.25, 0.3) is 0 Å². The van der Waals surface area contributed by atoms with Crippen LogP contribution in [0.25, 0.3) is 0 Å². The molecule has 0 N–H and O–H groups in total. The van der Waals surface area contributed by atoms with E-state index in [1.54, 1.807) is 0 Å². The molecule has 0 spiro atoms. The fourth-order valence-corrected chi connectivity index (χ4v) is 2.04. The summed E-state index contributed by atoms with van der Waals surface area (Å²) in [5.41, 5.74) is 3.90. The van der Waals surface area contributed by atoms with E-state index in [1.807, 2.05) is 13.8 Å². The summed E-state index contributed by atoms with van der Waals surface area (Å²) in [6.07, 6.45) is 3.71. The maximum atomic E-state index is 6.16. The van der Waals surface area contributed by atoms with E-state index in [2.05, 4.69) is 39.8 Å². The van der Waals surface area contributed by atoms with Crippen LogP contribution in [-0.4, -0.2) is 0 Å². The average Bonchev–Trinajstić information content (AvgIpc) is 2.28. The van der Waals surface area contributed by atoms with Crippen LogP contribution in [0.1, 0.15) is 57.2 Å². The van der Waals surface area contributed by atoms with Crippen molar-refractivity contribution in [1.82, 2.24) is 0 Å². The summed E-state index contributed by atoms with van der Waals surface area (Å²) in [6, 6.07) is 4.38. The quantitative estimate of drug-likeness (QED) is 0.622. The molecule has 0 aliphatic carbocycles. The van der Waals surface area contributed by atoms with Gasteiger partial charge in [-0.15, -0.1) is 0 Å². The maximum Gasteiger partial charge on any atom is 0.0440 e. The van der Waals surface area contributed by atoms with E-state index in [-0.39, 0.29) is 0 Å². The predicted molar refractivity (Wildman–Crippen MR) is 80.1 cm³/mol. The minimum absolute atomic E-state index is 0.798. The molecular formula is C16H27Cl. The van der Waals surface area contributed by atoms with Gasteiger partial charge >= 0.3 is 0 Å². The van der Waals surface area contributed by atoms with Crippen LogP contribution in [0.15, 0.2) is 12.1 Å². The normalized spacial score (nSPS) is 10.1. The average molecular weight is 255 g/mol. The number of hydrogen-bond donors (Lipinski definition) is 0. The Morgan fingerprint density at radius 3 is 2.18 bits per heavy atom. The van der Waals surface area contributed by atoms with Crippen LogP contribution in [0, 0.1) is 19.8 Å². The minimum Gasteiger partial charge on any atom is -0.0840 e. The molecule has 0 aromatic heterocycles. The van der Waals surface area contributed by atoms with Crippen molar-refractivity contribution in [3.8, 4) is 0 Å². The Morgan fingerprint density at radius 2 is 1.71 bits per heavy atom. The summed E-state index contributed by atoms with van der Waals surface area (Å²) < 4.78 is 0. The van der Waals surface area contributed by atoms with E-state index >= 15 is 0 Å². The third-order valence-electron chi connectivity index (χ3n) is 2.91. The molecule has 0 saturated carbocycles. The van der Waals surface area contributed by atoms with Crippen LogP contribution in [-0.2, 0) is 6.42 Å². The molecule has 17 heavy (non-hydrogen) atoms. The van der Waals surface area contributed by atoms with E-state index in [4.69, 9.17) is 11.6 Å². The lowest BCUT2D eigenvalue weighted by atomic mass is 9.99. The van der Waals surface area contributed by atoms with Crippen molar-refractivity contribution in [3.05, 3.63) is 33.8 Å². The standard InChI is InChI=1S/C14H21Cl.C2H6/c1-10(2)6-5-7-13-8-11(3)12(4)14(15)9-13;1-2/h8-10H,5-7H2,1-4H3;1-2H3. The Kier molecular flexibility index (Phi) is 8.33. The largest absolute Gasteiger partial charge is 0.0840 e. The Bertz CT molecular complexity index is 303. The Labute approximate surface area is 112 Å². The third-order valence-corrected chi connectivity index (χ3v) is 3.30. The second-order valence-corrected chi connectivity index (χ2v) is 5.21. The first-order valence-corrected chi connectivity index (χ1v) is 7.14. The second-order valence-electron chi connectivity index (χ2n) is 4.81. The maximum absolute atomic E-state index is 6.16. The van der Waals surface area contributed by atoms with E-state index in [1.165, 1.54) is 29.5 Å². The lowest BCUT2D eigenvalue weighted by molar-refractivity contribution is 0.556. The zero-order valence-electron chi connectivity index (χ0n) is 12.2. The minimum atomic E-state index is 0.798. The van der Waals surface area contributed by atoms with Crippen molar-refractivity contribution in [2.24, 2.45) is 5.92 Å². The summed E-state index contributed by atoms with van der Waals surface area (Å²) in [4.78, 5) is 0. The number of benzene rings is 1. The van der Waals surface area contributed by atoms with Gasteiger partial charge in [-0.2, -0.15) is 0 Å². The molecule has 0 aliphatic heterocycles. The van der Waals surface area contributed by atoms with Crippen molar-refractivity contribution >= 4 is 11.6 Å². The van der Waals surface area contributed by atoms with Crippen molar-refractivity contribution in [1.29, 1.82) is 0 Å². The van der Waals surface area contributed by atoms with Gasteiger partial charge in [0.2, 0.25) is 0 Å². The Balaban J connectivity index is 0.00000121. The van der Waals surface area contributed by atoms with Gasteiger partial charge in [-0.1, -0.05) is 51.8 Å². The molecule has 1 rings (SSSR count). The van der Waals surface area contributed by atoms with Gasteiger partial charge in [0, 0.05) is 5.02 Å². The molecule has 0 amide bonds. The fraction of sp³-hybridized carbons (Fsp3) is 0.625. The van der Waals surface area contributed by atoms with E-state index in [9.17, 15) is 0 Å². The zero-order valence-corrected chi connectivity index (χ0v) is 13.0. The summed E-state index contributed by atoms with van der Waals surface area (Å²) in [5, 5.41) is 0.912. The van der Waals surface area contributed by atoms with E-state index in [0.29, 0.717) is 0 Å². The molecule has 1 aromatic carbocycles. The van der Waals surface area contributed by atoms with Crippen LogP contribution < -0.4 is 0 Å². The third kappa shape index (κ3) is 6.12. The highest BCUT2D eigenvalue weighted by molar-refractivity contribution is 6.31. The van der Waals surface area contributed by atoms with Gasteiger partial charge in [-0.05, 0) is 55.4 Å². The molecular weight excluding hydrogens is 228 g/mol. The fourth-order valence-electron chi connectivity index (χ4n) is 1.75. The first-order valence-electron chi connectivity index (χ1n) is 6.76. The van der Waals surface area contributed by atoms with Gasteiger partial charge in [-0.25, -0.2) is 0 Å². The van der Waals surface area contributed by atoms with Crippen LogP contribution in [0.2, 0.25) is 5.02 Å². The SMILES string of the molecule is CC.Cc1cc(CCCC(C)C)cc(Cl)c1C. The molecule has 0 unspecified atom stereocenters. The summed E-state index contributed by atoms with van der Waals surface area (Å²) in [5.74, 6) is 0.798. The molecule has 0 bridgehead atoms. The first-order chi connectivity index (χ1) is 8.00. The van der Waals surface area contributed by atoms with Crippen LogP contribution in [0.4, 0.5) is 0 Å². The molecule has 1 heteroatoms. The lowest BCUT2D eigenvalue weighted by Gasteiger charge is -2.08. The second kappa shape index (κ2) is 8.58. The summed E-state index contributed by atoms with van der Waals surface area (Å²) in [6.45, 7) is 12.8. The van der Waals surface area contributed by atoms with Crippen LogP contribution >= 0.6 is 11.6 Å². The highest BCUT2D eigenvalue weighted by atomic mass is 35.5. The highest BCUT2D eigenvalue weighted by Crippen LogP contribution is 2.22. The molecule has 1 aromatic rings. The lowest BCUT2D eigenvalue weighted by Crippen LogP contribution is -1.93. The molecule has 0 atom stereocenters. The van der Waals surface area contributed by atoms with Gasteiger partial charge in [0.1, 0.15) is 0 Å². The molecule has 0 heterocycles. The molecule has 0 radical (unpaired) electrons. The van der Waals surface area contributed by atoms with Crippen molar-refractivity contribution in [3.63, 3.8) is 0 Å². The molecule has 98 valence electrons. The highest BCUT2D eigenvalue weighted by Gasteiger charge is 2.03. The topological polar surface area (TPSA) is 0 Å². The predicted octanol–water partition coefficient (Wildman–Crippen LogP) is 5.96. The van der Waals surface area contributed by atoms with Crippen molar-refractivity contribution < 1.29 is 0 Å². The van der Waals surface area contributed by atoms with Crippen molar-refractivity contribution in [2.45, 2.75) is 60.8 Å². The van der Waals surface area contributed by atoms with Crippen LogP contribution in [0.5, 0.6) is 0 Å². The monoisotopic (exact) mass is 254 g/mol. The Morgan fingerprint density at radius 1 is 1.12 bits per heavy atom. The molecule has 0 fully saturated rings. The van der Waals surface area contributed by atoms with Crippen molar-refractivity contribution in [2.75, 3.05) is 0 Å². The summed E-state index contributed by atoms with van der Waals surface area (Å²) in [7, 11) is 0.